The molecule has 2 N–H and O–H groups in total. The Morgan fingerprint density at radius 2 is 1.73 bits per heavy atom. The van der Waals surface area contributed by atoms with Crippen molar-refractivity contribution in [2.24, 2.45) is 0 Å². The van der Waals surface area contributed by atoms with E-state index < -0.39 is 6.04 Å². The summed E-state index contributed by atoms with van der Waals surface area (Å²) in [4.78, 5) is 26.5. The van der Waals surface area contributed by atoms with Crippen molar-refractivity contribution in [3.05, 3.63) is 60.7 Å². The zero-order valence-electron chi connectivity index (χ0n) is 14.6. The van der Waals surface area contributed by atoms with E-state index in [0.29, 0.717) is 26.1 Å². The smallest absolute Gasteiger partial charge is 0.322 e. The number of amides is 3. The van der Waals surface area contributed by atoms with E-state index in [4.69, 9.17) is 4.74 Å². The number of anilines is 1. The van der Waals surface area contributed by atoms with Crippen LogP contribution >= 0.6 is 0 Å². The first-order valence-corrected chi connectivity index (χ1v) is 8.82. The number of carbonyl (C=O) groups is 2. The Kier molecular flexibility index (Phi) is 6.09. The van der Waals surface area contributed by atoms with Gasteiger partial charge in [0.05, 0.1) is 6.54 Å². The van der Waals surface area contributed by atoms with Gasteiger partial charge < -0.3 is 20.3 Å². The number of carbonyl (C=O) groups excluding carboxylic acids is 2. The van der Waals surface area contributed by atoms with Crippen LogP contribution in [0.3, 0.4) is 0 Å². The SMILES string of the molecule is O=C(NCCOc1ccccc1)[C@@H]1CCCN1C(=O)Nc1ccccc1. The summed E-state index contributed by atoms with van der Waals surface area (Å²) in [6.07, 6.45) is 1.49. The zero-order chi connectivity index (χ0) is 18.2. The minimum atomic E-state index is -0.435. The van der Waals surface area contributed by atoms with E-state index in [0.717, 1.165) is 17.9 Å². The number of nitrogens with one attached hydrogen (secondary N) is 2. The molecule has 1 saturated heterocycles. The minimum absolute atomic E-state index is 0.137. The Bertz CT molecular complexity index is 722. The highest BCUT2D eigenvalue weighted by Crippen LogP contribution is 2.19. The van der Waals surface area contributed by atoms with Crippen molar-refractivity contribution >= 4 is 17.6 Å². The van der Waals surface area contributed by atoms with E-state index in [1.54, 1.807) is 4.90 Å². The average Bonchev–Trinajstić information content (AvgIpc) is 3.17. The normalized spacial score (nSPS) is 16.2. The molecule has 3 amide bonds. The molecule has 0 bridgehead atoms. The first kappa shape index (κ1) is 17.8. The number of rotatable bonds is 6. The second-order valence-corrected chi connectivity index (χ2v) is 6.10. The van der Waals surface area contributed by atoms with E-state index >= 15 is 0 Å². The zero-order valence-corrected chi connectivity index (χ0v) is 14.6. The molecule has 0 radical (unpaired) electrons. The number of benzene rings is 2. The van der Waals surface area contributed by atoms with Crippen LogP contribution in [0.1, 0.15) is 12.8 Å². The Morgan fingerprint density at radius 3 is 2.46 bits per heavy atom. The standard InChI is InChI=1S/C20H23N3O3/c24-19(21-13-15-26-17-10-5-2-6-11-17)18-12-7-14-23(18)20(25)22-16-8-3-1-4-9-16/h1-6,8-11,18H,7,12-15H2,(H,21,24)(H,22,25)/t18-/m0/s1. The quantitative estimate of drug-likeness (QED) is 0.785. The van der Waals surface area contributed by atoms with Crippen LogP contribution in [0.2, 0.25) is 0 Å². The van der Waals surface area contributed by atoms with Crippen molar-refractivity contribution in [1.82, 2.24) is 10.2 Å². The number of hydrogen-bond acceptors (Lipinski definition) is 3. The van der Waals surface area contributed by atoms with Crippen molar-refractivity contribution < 1.29 is 14.3 Å². The van der Waals surface area contributed by atoms with Gasteiger partial charge in [-0.2, -0.15) is 0 Å². The van der Waals surface area contributed by atoms with Crippen molar-refractivity contribution in [3.8, 4) is 5.75 Å². The molecule has 1 heterocycles. The van der Waals surface area contributed by atoms with Crippen molar-refractivity contribution in [3.63, 3.8) is 0 Å². The topological polar surface area (TPSA) is 70.7 Å². The number of hydrogen-bond donors (Lipinski definition) is 2. The summed E-state index contributed by atoms with van der Waals surface area (Å²) in [5, 5.41) is 5.70. The van der Waals surface area contributed by atoms with Gasteiger partial charge in [0.2, 0.25) is 5.91 Å². The van der Waals surface area contributed by atoms with Gasteiger partial charge in [-0.1, -0.05) is 36.4 Å². The molecule has 1 fully saturated rings. The van der Waals surface area contributed by atoms with Gasteiger partial charge in [-0.05, 0) is 37.1 Å². The molecule has 0 aromatic heterocycles. The molecule has 0 aliphatic carbocycles. The summed E-state index contributed by atoms with van der Waals surface area (Å²) >= 11 is 0. The van der Waals surface area contributed by atoms with Crippen LogP contribution in [0.25, 0.3) is 0 Å². The summed E-state index contributed by atoms with van der Waals surface area (Å²) in [6.45, 7) is 1.37. The third-order valence-corrected chi connectivity index (χ3v) is 4.25. The van der Waals surface area contributed by atoms with Crippen molar-refractivity contribution in [2.45, 2.75) is 18.9 Å². The number of ether oxygens (including phenoxy) is 1. The van der Waals surface area contributed by atoms with Crippen LogP contribution in [-0.2, 0) is 4.79 Å². The molecule has 1 atom stereocenters. The highest BCUT2D eigenvalue weighted by atomic mass is 16.5. The molecule has 2 aromatic rings. The summed E-state index contributed by atoms with van der Waals surface area (Å²) < 4.78 is 5.56. The molecule has 6 heteroatoms. The lowest BCUT2D eigenvalue weighted by Gasteiger charge is -2.24. The van der Waals surface area contributed by atoms with E-state index in [9.17, 15) is 9.59 Å². The second-order valence-electron chi connectivity index (χ2n) is 6.10. The van der Waals surface area contributed by atoms with Gasteiger partial charge in [0.25, 0.3) is 0 Å². The van der Waals surface area contributed by atoms with Gasteiger partial charge in [0, 0.05) is 12.2 Å². The average molecular weight is 353 g/mol. The molecule has 1 aliphatic rings. The summed E-state index contributed by atoms with van der Waals surface area (Å²) in [7, 11) is 0. The molecular formula is C20H23N3O3. The van der Waals surface area contributed by atoms with Crippen LogP contribution in [0.15, 0.2) is 60.7 Å². The maximum atomic E-state index is 12.5. The maximum absolute atomic E-state index is 12.5. The molecule has 3 rings (SSSR count). The molecule has 6 nitrogen and oxygen atoms in total. The Morgan fingerprint density at radius 1 is 1.04 bits per heavy atom. The Labute approximate surface area is 153 Å². The van der Waals surface area contributed by atoms with E-state index in [-0.39, 0.29) is 11.9 Å². The van der Waals surface area contributed by atoms with Gasteiger partial charge in [0.15, 0.2) is 0 Å². The van der Waals surface area contributed by atoms with E-state index in [1.807, 2.05) is 60.7 Å². The number of nitrogens with zero attached hydrogens (tertiary/aromatic N) is 1. The lowest BCUT2D eigenvalue weighted by Crippen LogP contribution is -2.48. The molecule has 0 unspecified atom stereocenters. The first-order valence-electron chi connectivity index (χ1n) is 8.82. The van der Waals surface area contributed by atoms with Gasteiger partial charge in [0.1, 0.15) is 18.4 Å². The maximum Gasteiger partial charge on any atom is 0.322 e. The molecule has 136 valence electrons. The Hall–Kier alpha value is -3.02. The summed E-state index contributed by atoms with van der Waals surface area (Å²) in [5.74, 6) is 0.633. The van der Waals surface area contributed by atoms with Crippen LogP contribution in [0.4, 0.5) is 10.5 Å². The molecule has 0 saturated carbocycles. The lowest BCUT2D eigenvalue weighted by molar-refractivity contribution is -0.124. The van der Waals surface area contributed by atoms with Crippen LogP contribution in [0, 0.1) is 0 Å². The molecule has 0 spiro atoms. The fourth-order valence-electron chi connectivity index (χ4n) is 2.98. The number of urea groups is 1. The molecule has 2 aromatic carbocycles. The first-order chi connectivity index (χ1) is 12.7. The minimum Gasteiger partial charge on any atom is -0.492 e. The summed E-state index contributed by atoms with van der Waals surface area (Å²) in [5.41, 5.74) is 0.722. The fraction of sp³-hybridized carbons (Fsp3) is 0.300. The lowest BCUT2D eigenvalue weighted by atomic mass is 10.2. The van der Waals surface area contributed by atoms with Crippen molar-refractivity contribution in [1.29, 1.82) is 0 Å². The molecular weight excluding hydrogens is 330 g/mol. The third-order valence-electron chi connectivity index (χ3n) is 4.25. The predicted molar refractivity (Wildman–Crippen MR) is 100 cm³/mol. The highest BCUT2D eigenvalue weighted by Gasteiger charge is 2.33. The third kappa shape index (κ3) is 4.75. The van der Waals surface area contributed by atoms with Crippen LogP contribution in [-0.4, -0.2) is 42.6 Å². The van der Waals surface area contributed by atoms with Crippen LogP contribution in [0.5, 0.6) is 5.75 Å². The fourth-order valence-corrected chi connectivity index (χ4v) is 2.98. The van der Waals surface area contributed by atoms with Gasteiger partial charge in [-0.3, -0.25) is 4.79 Å². The van der Waals surface area contributed by atoms with Gasteiger partial charge in [-0.25, -0.2) is 4.79 Å². The number of para-hydroxylation sites is 2. The monoisotopic (exact) mass is 353 g/mol. The van der Waals surface area contributed by atoms with Crippen LogP contribution < -0.4 is 15.4 Å². The molecule has 26 heavy (non-hydrogen) atoms. The Balaban J connectivity index is 1.46. The van der Waals surface area contributed by atoms with E-state index in [1.165, 1.54) is 0 Å². The van der Waals surface area contributed by atoms with E-state index in [2.05, 4.69) is 10.6 Å². The number of likely N-dealkylation sites (tertiary alicyclic amines) is 1. The highest BCUT2D eigenvalue weighted by molar-refractivity contribution is 5.94. The summed E-state index contributed by atoms with van der Waals surface area (Å²) in [6, 6.07) is 18.0. The predicted octanol–water partition coefficient (Wildman–Crippen LogP) is 2.88. The van der Waals surface area contributed by atoms with Crippen molar-refractivity contribution in [2.75, 3.05) is 25.0 Å². The van der Waals surface area contributed by atoms with Gasteiger partial charge in [-0.15, -0.1) is 0 Å². The second kappa shape index (κ2) is 8.89. The largest absolute Gasteiger partial charge is 0.492 e. The molecule has 1 aliphatic heterocycles. The van der Waals surface area contributed by atoms with Gasteiger partial charge >= 0.3 is 6.03 Å².